The summed E-state index contributed by atoms with van der Waals surface area (Å²) in [5, 5.41) is 5.43. The van der Waals surface area contributed by atoms with Crippen molar-refractivity contribution in [3.63, 3.8) is 0 Å². The quantitative estimate of drug-likeness (QED) is 0.708. The number of nitrogens with zero attached hydrogens (tertiary/aromatic N) is 1. The molecule has 0 spiro atoms. The van der Waals surface area contributed by atoms with E-state index in [0.29, 0.717) is 37.8 Å². The Morgan fingerprint density at radius 1 is 1.25 bits per heavy atom. The topological polar surface area (TPSA) is 53.6 Å². The van der Waals surface area contributed by atoms with Gasteiger partial charge in [-0.05, 0) is 30.5 Å². The van der Waals surface area contributed by atoms with E-state index in [9.17, 15) is 18.0 Å². The normalized spacial score (nSPS) is 17.5. The molecule has 0 saturated carbocycles. The second-order valence-electron chi connectivity index (χ2n) is 7.08. The SMILES string of the molecule is CC(Oc1cccc(C(C)C)c1)C(=O)NCC(N1CCNCC1)C(F)(F)F.Cl. The molecule has 1 aromatic rings. The van der Waals surface area contributed by atoms with Crippen LogP contribution < -0.4 is 15.4 Å². The van der Waals surface area contributed by atoms with Crippen molar-refractivity contribution >= 4 is 18.3 Å². The van der Waals surface area contributed by atoms with E-state index in [1.807, 2.05) is 32.0 Å². The van der Waals surface area contributed by atoms with Crippen LogP contribution in [0.4, 0.5) is 13.2 Å². The molecule has 1 aliphatic heterocycles. The molecule has 2 unspecified atom stereocenters. The fraction of sp³-hybridized carbons (Fsp3) is 0.632. The van der Waals surface area contributed by atoms with Gasteiger partial charge in [-0.3, -0.25) is 9.69 Å². The van der Waals surface area contributed by atoms with Crippen molar-refractivity contribution in [3.8, 4) is 5.75 Å². The third kappa shape index (κ3) is 7.14. The zero-order valence-corrected chi connectivity index (χ0v) is 17.2. The molecule has 1 aromatic carbocycles. The lowest BCUT2D eigenvalue weighted by Gasteiger charge is -2.36. The first-order chi connectivity index (χ1) is 12.7. The van der Waals surface area contributed by atoms with Gasteiger partial charge in [0.2, 0.25) is 0 Å². The lowest BCUT2D eigenvalue weighted by molar-refractivity contribution is -0.184. The number of benzene rings is 1. The molecule has 0 bridgehead atoms. The average molecular weight is 424 g/mol. The summed E-state index contributed by atoms with van der Waals surface area (Å²) in [4.78, 5) is 13.6. The molecule has 1 saturated heterocycles. The fourth-order valence-electron chi connectivity index (χ4n) is 2.99. The Morgan fingerprint density at radius 2 is 1.89 bits per heavy atom. The standard InChI is InChI=1S/C19H28F3N3O2.ClH/c1-13(2)15-5-4-6-16(11-15)27-14(3)18(26)24-12-17(19(20,21)22)25-9-7-23-8-10-25;/h4-6,11,13-14,17,23H,7-10,12H2,1-3H3,(H,24,26);1H. The molecule has 0 aliphatic carbocycles. The molecule has 0 aromatic heterocycles. The highest BCUT2D eigenvalue weighted by Gasteiger charge is 2.44. The van der Waals surface area contributed by atoms with E-state index in [4.69, 9.17) is 4.74 Å². The van der Waals surface area contributed by atoms with Crippen LogP contribution in [0.25, 0.3) is 0 Å². The lowest BCUT2D eigenvalue weighted by atomic mass is 10.0. The second-order valence-corrected chi connectivity index (χ2v) is 7.08. The van der Waals surface area contributed by atoms with Gasteiger partial charge in [0.25, 0.3) is 5.91 Å². The Bertz CT molecular complexity index is 623. The van der Waals surface area contributed by atoms with Gasteiger partial charge in [-0.2, -0.15) is 13.2 Å². The molecule has 160 valence electrons. The molecular weight excluding hydrogens is 395 g/mol. The Kier molecular flexibility index (Phi) is 9.53. The molecule has 2 atom stereocenters. The van der Waals surface area contributed by atoms with Gasteiger partial charge in [-0.25, -0.2) is 0 Å². The first-order valence-corrected chi connectivity index (χ1v) is 9.24. The summed E-state index contributed by atoms with van der Waals surface area (Å²) in [6, 6.07) is 5.67. The molecule has 2 rings (SSSR count). The number of halogens is 4. The van der Waals surface area contributed by atoms with Gasteiger partial charge < -0.3 is 15.4 Å². The third-order valence-corrected chi connectivity index (χ3v) is 4.65. The summed E-state index contributed by atoms with van der Waals surface area (Å²) in [7, 11) is 0. The van der Waals surface area contributed by atoms with E-state index in [1.165, 1.54) is 11.8 Å². The summed E-state index contributed by atoms with van der Waals surface area (Å²) in [5.74, 6) is 0.275. The predicted molar refractivity (Wildman–Crippen MR) is 105 cm³/mol. The number of nitrogens with one attached hydrogen (secondary N) is 2. The number of carbonyl (C=O) groups excluding carboxylic acids is 1. The van der Waals surface area contributed by atoms with Gasteiger partial charge in [-0.1, -0.05) is 26.0 Å². The monoisotopic (exact) mass is 423 g/mol. The molecule has 0 radical (unpaired) electrons. The van der Waals surface area contributed by atoms with Gasteiger partial charge in [0.1, 0.15) is 11.8 Å². The van der Waals surface area contributed by atoms with Crippen molar-refractivity contribution in [1.29, 1.82) is 0 Å². The van der Waals surface area contributed by atoms with Crippen LogP contribution in [0.2, 0.25) is 0 Å². The molecule has 1 heterocycles. The first kappa shape index (κ1) is 24.5. The van der Waals surface area contributed by atoms with E-state index in [2.05, 4.69) is 10.6 Å². The van der Waals surface area contributed by atoms with Crippen LogP contribution in [0, 0.1) is 0 Å². The van der Waals surface area contributed by atoms with E-state index in [-0.39, 0.29) is 12.4 Å². The van der Waals surface area contributed by atoms with Crippen LogP contribution in [-0.4, -0.2) is 61.9 Å². The summed E-state index contributed by atoms with van der Waals surface area (Å²) in [6.07, 6.45) is -5.29. The number of ether oxygens (including phenoxy) is 1. The summed E-state index contributed by atoms with van der Waals surface area (Å²) in [6.45, 7) is 6.75. The Labute approximate surface area is 170 Å². The van der Waals surface area contributed by atoms with Gasteiger partial charge in [0.15, 0.2) is 6.10 Å². The molecule has 9 heteroatoms. The summed E-state index contributed by atoms with van der Waals surface area (Å²) < 4.78 is 45.7. The van der Waals surface area contributed by atoms with Crippen LogP contribution in [0.3, 0.4) is 0 Å². The number of hydrogen-bond donors (Lipinski definition) is 2. The minimum absolute atomic E-state index is 0. The van der Waals surface area contributed by atoms with E-state index in [0.717, 1.165) is 5.56 Å². The maximum Gasteiger partial charge on any atom is 0.405 e. The molecule has 28 heavy (non-hydrogen) atoms. The molecule has 2 N–H and O–H groups in total. The van der Waals surface area contributed by atoms with Crippen LogP contribution in [0.1, 0.15) is 32.3 Å². The Morgan fingerprint density at radius 3 is 2.46 bits per heavy atom. The fourth-order valence-corrected chi connectivity index (χ4v) is 2.99. The number of carbonyl (C=O) groups is 1. The van der Waals surface area contributed by atoms with E-state index < -0.39 is 30.8 Å². The highest BCUT2D eigenvalue weighted by atomic mass is 35.5. The van der Waals surface area contributed by atoms with Crippen LogP contribution >= 0.6 is 12.4 Å². The minimum Gasteiger partial charge on any atom is -0.481 e. The van der Waals surface area contributed by atoms with Gasteiger partial charge in [-0.15, -0.1) is 12.4 Å². The van der Waals surface area contributed by atoms with Crippen LogP contribution in [0.15, 0.2) is 24.3 Å². The lowest BCUT2D eigenvalue weighted by Crippen LogP contribution is -2.58. The van der Waals surface area contributed by atoms with Gasteiger partial charge in [0.05, 0.1) is 0 Å². The van der Waals surface area contributed by atoms with Crippen molar-refractivity contribution < 1.29 is 22.7 Å². The Hall–Kier alpha value is -1.51. The van der Waals surface area contributed by atoms with E-state index >= 15 is 0 Å². The van der Waals surface area contributed by atoms with Crippen LogP contribution in [-0.2, 0) is 4.79 Å². The molecule has 5 nitrogen and oxygen atoms in total. The number of amides is 1. The summed E-state index contributed by atoms with van der Waals surface area (Å²) in [5.41, 5.74) is 1.07. The van der Waals surface area contributed by atoms with Crippen LogP contribution in [0.5, 0.6) is 5.75 Å². The maximum absolute atomic E-state index is 13.4. The highest BCUT2D eigenvalue weighted by Crippen LogP contribution is 2.25. The third-order valence-electron chi connectivity index (χ3n) is 4.65. The Balaban J connectivity index is 0.00000392. The van der Waals surface area contributed by atoms with E-state index in [1.54, 1.807) is 6.07 Å². The number of piperazine rings is 1. The summed E-state index contributed by atoms with van der Waals surface area (Å²) >= 11 is 0. The number of rotatable bonds is 7. The molecule has 1 fully saturated rings. The minimum atomic E-state index is -4.40. The smallest absolute Gasteiger partial charge is 0.405 e. The number of alkyl halides is 3. The number of hydrogen-bond acceptors (Lipinski definition) is 4. The maximum atomic E-state index is 13.4. The average Bonchev–Trinajstić information content (AvgIpc) is 2.61. The molecule has 1 aliphatic rings. The largest absolute Gasteiger partial charge is 0.481 e. The zero-order chi connectivity index (χ0) is 20.0. The predicted octanol–water partition coefficient (Wildman–Crippen LogP) is 2.95. The highest BCUT2D eigenvalue weighted by molar-refractivity contribution is 5.85. The van der Waals surface area contributed by atoms with Crippen molar-refractivity contribution in [2.45, 2.75) is 45.0 Å². The first-order valence-electron chi connectivity index (χ1n) is 9.24. The van der Waals surface area contributed by atoms with Crippen molar-refractivity contribution in [1.82, 2.24) is 15.5 Å². The van der Waals surface area contributed by atoms with Gasteiger partial charge >= 0.3 is 6.18 Å². The van der Waals surface area contributed by atoms with Crippen molar-refractivity contribution in [3.05, 3.63) is 29.8 Å². The zero-order valence-electron chi connectivity index (χ0n) is 16.4. The van der Waals surface area contributed by atoms with Crippen molar-refractivity contribution in [2.75, 3.05) is 32.7 Å². The molecular formula is C19H29ClF3N3O2. The van der Waals surface area contributed by atoms with Crippen molar-refractivity contribution in [2.24, 2.45) is 0 Å². The second kappa shape index (κ2) is 10.9. The molecule has 1 amide bonds. The van der Waals surface area contributed by atoms with Gasteiger partial charge in [0, 0.05) is 32.7 Å².